The Kier molecular flexibility index (Phi) is 1.51. The zero-order valence-electron chi connectivity index (χ0n) is 7.17. The van der Waals surface area contributed by atoms with Crippen molar-refractivity contribution in [3.8, 4) is 0 Å². The van der Waals surface area contributed by atoms with Crippen LogP contribution in [0.2, 0.25) is 0 Å². The van der Waals surface area contributed by atoms with Gasteiger partial charge in [-0.2, -0.15) is 0 Å². The number of aliphatic imine (C=N–C) groups is 1. The monoisotopic (exact) mass is 153 g/mol. The van der Waals surface area contributed by atoms with Crippen molar-refractivity contribution in [1.82, 2.24) is 10.2 Å². The van der Waals surface area contributed by atoms with E-state index in [4.69, 9.17) is 0 Å². The lowest BCUT2D eigenvalue weighted by Crippen LogP contribution is -2.38. The SMILES string of the molecule is CC1CN=C2NC(C)CN2C1. The van der Waals surface area contributed by atoms with E-state index in [0.717, 1.165) is 25.0 Å². The highest BCUT2D eigenvalue weighted by Gasteiger charge is 2.27. The number of fused-ring (bicyclic) bond motifs is 1. The van der Waals surface area contributed by atoms with E-state index in [0.29, 0.717) is 6.04 Å². The van der Waals surface area contributed by atoms with Crippen LogP contribution in [0.3, 0.4) is 0 Å². The highest BCUT2D eigenvalue weighted by molar-refractivity contribution is 5.82. The van der Waals surface area contributed by atoms with Crippen molar-refractivity contribution in [1.29, 1.82) is 0 Å². The van der Waals surface area contributed by atoms with Gasteiger partial charge in [0.25, 0.3) is 0 Å². The number of rotatable bonds is 0. The van der Waals surface area contributed by atoms with E-state index in [2.05, 4.69) is 29.1 Å². The summed E-state index contributed by atoms with van der Waals surface area (Å²) in [6.45, 7) is 7.75. The molecular formula is C8H15N3. The molecule has 0 spiro atoms. The Bertz CT molecular complexity index is 188. The average molecular weight is 153 g/mol. The maximum absolute atomic E-state index is 4.45. The highest BCUT2D eigenvalue weighted by atomic mass is 15.4. The van der Waals surface area contributed by atoms with Gasteiger partial charge in [0.1, 0.15) is 0 Å². The molecule has 0 aliphatic carbocycles. The van der Waals surface area contributed by atoms with Gasteiger partial charge in [-0.05, 0) is 12.8 Å². The Balaban J connectivity index is 2.11. The van der Waals surface area contributed by atoms with Gasteiger partial charge in [-0.1, -0.05) is 6.92 Å². The summed E-state index contributed by atoms with van der Waals surface area (Å²) in [5.74, 6) is 1.85. The van der Waals surface area contributed by atoms with Crippen molar-refractivity contribution in [3.05, 3.63) is 0 Å². The zero-order valence-corrected chi connectivity index (χ0v) is 7.17. The second-order valence-corrected chi connectivity index (χ2v) is 3.72. The lowest BCUT2D eigenvalue weighted by atomic mass is 10.1. The first kappa shape index (κ1) is 6.95. The van der Waals surface area contributed by atoms with Crippen LogP contribution >= 0.6 is 0 Å². The minimum atomic E-state index is 0.582. The maximum atomic E-state index is 4.45. The lowest BCUT2D eigenvalue weighted by molar-refractivity contribution is 0.352. The fraction of sp³-hybridized carbons (Fsp3) is 0.875. The molecule has 0 bridgehead atoms. The van der Waals surface area contributed by atoms with Crippen LogP contribution in [0.25, 0.3) is 0 Å². The van der Waals surface area contributed by atoms with Crippen molar-refractivity contribution in [2.45, 2.75) is 19.9 Å². The Labute approximate surface area is 67.5 Å². The molecule has 3 heteroatoms. The third-order valence-corrected chi connectivity index (χ3v) is 2.25. The number of nitrogens with one attached hydrogen (secondary N) is 1. The molecule has 0 aromatic rings. The molecule has 0 aromatic heterocycles. The Morgan fingerprint density at radius 2 is 2.27 bits per heavy atom. The molecule has 2 aliphatic rings. The predicted octanol–water partition coefficient (Wildman–Crippen LogP) is 0.286. The molecule has 2 unspecified atom stereocenters. The van der Waals surface area contributed by atoms with Crippen molar-refractivity contribution in [3.63, 3.8) is 0 Å². The minimum Gasteiger partial charge on any atom is -0.352 e. The van der Waals surface area contributed by atoms with Crippen molar-refractivity contribution >= 4 is 5.96 Å². The number of nitrogens with zero attached hydrogens (tertiary/aromatic N) is 2. The third kappa shape index (κ3) is 1.19. The van der Waals surface area contributed by atoms with Crippen LogP contribution in [0.4, 0.5) is 0 Å². The molecule has 0 aromatic carbocycles. The summed E-state index contributed by atoms with van der Waals surface area (Å²) in [7, 11) is 0. The first-order valence-corrected chi connectivity index (χ1v) is 4.31. The summed E-state index contributed by atoms with van der Waals surface area (Å²) in [5.41, 5.74) is 0. The van der Waals surface area contributed by atoms with E-state index < -0.39 is 0 Å². The van der Waals surface area contributed by atoms with Crippen LogP contribution in [0.5, 0.6) is 0 Å². The van der Waals surface area contributed by atoms with Gasteiger partial charge in [-0.15, -0.1) is 0 Å². The number of guanidine groups is 1. The Hall–Kier alpha value is -0.730. The van der Waals surface area contributed by atoms with Crippen LogP contribution in [0, 0.1) is 5.92 Å². The lowest BCUT2D eigenvalue weighted by Gasteiger charge is -2.25. The summed E-state index contributed by atoms with van der Waals surface area (Å²) in [6, 6.07) is 0.582. The van der Waals surface area contributed by atoms with Gasteiger partial charge in [-0.25, -0.2) is 0 Å². The van der Waals surface area contributed by atoms with Crippen LogP contribution < -0.4 is 5.32 Å². The predicted molar refractivity (Wildman–Crippen MR) is 45.6 cm³/mol. The normalized spacial score (nSPS) is 36.2. The Morgan fingerprint density at radius 1 is 1.45 bits per heavy atom. The van der Waals surface area contributed by atoms with Crippen LogP contribution in [0.15, 0.2) is 4.99 Å². The summed E-state index contributed by atoms with van der Waals surface area (Å²) >= 11 is 0. The molecule has 11 heavy (non-hydrogen) atoms. The summed E-state index contributed by atoms with van der Waals surface area (Å²) < 4.78 is 0. The van der Waals surface area contributed by atoms with E-state index in [9.17, 15) is 0 Å². The average Bonchev–Trinajstić information content (AvgIpc) is 2.27. The van der Waals surface area contributed by atoms with Gasteiger partial charge in [-0.3, -0.25) is 4.99 Å². The molecule has 2 rings (SSSR count). The molecule has 0 radical (unpaired) electrons. The maximum Gasteiger partial charge on any atom is 0.194 e. The van der Waals surface area contributed by atoms with E-state index in [1.54, 1.807) is 0 Å². The van der Waals surface area contributed by atoms with E-state index in [1.165, 1.54) is 6.54 Å². The molecule has 1 saturated heterocycles. The van der Waals surface area contributed by atoms with E-state index in [1.807, 2.05) is 0 Å². The summed E-state index contributed by atoms with van der Waals surface area (Å²) in [5, 5.41) is 3.35. The van der Waals surface area contributed by atoms with Crippen molar-refractivity contribution in [2.24, 2.45) is 10.9 Å². The molecule has 0 saturated carbocycles. The largest absolute Gasteiger partial charge is 0.352 e. The van der Waals surface area contributed by atoms with Crippen molar-refractivity contribution in [2.75, 3.05) is 19.6 Å². The fourth-order valence-corrected chi connectivity index (χ4v) is 1.76. The smallest absolute Gasteiger partial charge is 0.194 e. The number of hydrogen-bond acceptors (Lipinski definition) is 3. The molecule has 62 valence electrons. The topological polar surface area (TPSA) is 27.6 Å². The number of hydrogen-bond donors (Lipinski definition) is 1. The van der Waals surface area contributed by atoms with Crippen LogP contribution in [-0.4, -0.2) is 36.5 Å². The van der Waals surface area contributed by atoms with Gasteiger partial charge in [0.05, 0.1) is 0 Å². The summed E-state index contributed by atoms with van der Waals surface area (Å²) in [4.78, 5) is 6.80. The van der Waals surface area contributed by atoms with Gasteiger partial charge in [0.15, 0.2) is 5.96 Å². The third-order valence-electron chi connectivity index (χ3n) is 2.25. The quantitative estimate of drug-likeness (QED) is 0.541. The first-order valence-electron chi connectivity index (χ1n) is 4.31. The summed E-state index contributed by atoms with van der Waals surface area (Å²) in [6.07, 6.45) is 0. The molecule has 2 heterocycles. The zero-order chi connectivity index (χ0) is 7.84. The molecule has 2 atom stereocenters. The van der Waals surface area contributed by atoms with Crippen LogP contribution in [0.1, 0.15) is 13.8 Å². The Morgan fingerprint density at radius 3 is 3.09 bits per heavy atom. The van der Waals surface area contributed by atoms with Gasteiger partial charge in [0.2, 0.25) is 0 Å². The molecule has 3 nitrogen and oxygen atoms in total. The first-order chi connectivity index (χ1) is 5.25. The molecule has 2 aliphatic heterocycles. The molecule has 1 N–H and O–H groups in total. The molecule has 0 amide bonds. The molecule has 1 fully saturated rings. The van der Waals surface area contributed by atoms with Gasteiger partial charge < -0.3 is 10.2 Å². The van der Waals surface area contributed by atoms with E-state index >= 15 is 0 Å². The van der Waals surface area contributed by atoms with Gasteiger partial charge >= 0.3 is 0 Å². The second-order valence-electron chi connectivity index (χ2n) is 3.72. The molecular weight excluding hydrogens is 138 g/mol. The highest BCUT2D eigenvalue weighted by Crippen LogP contribution is 2.12. The minimum absolute atomic E-state index is 0.582. The van der Waals surface area contributed by atoms with E-state index in [-0.39, 0.29) is 0 Å². The standard InChI is InChI=1S/C8H15N3/c1-6-3-9-8-10-7(2)5-11(8)4-6/h6-7H,3-5H2,1-2H3,(H,9,10). The second kappa shape index (κ2) is 2.40. The fourth-order valence-electron chi connectivity index (χ4n) is 1.76. The van der Waals surface area contributed by atoms with Crippen molar-refractivity contribution < 1.29 is 0 Å². The van der Waals surface area contributed by atoms with Gasteiger partial charge in [0, 0.05) is 25.7 Å². The van der Waals surface area contributed by atoms with Crippen LogP contribution in [-0.2, 0) is 0 Å².